The third-order valence-corrected chi connectivity index (χ3v) is 5.03. The first-order valence-corrected chi connectivity index (χ1v) is 7.53. The third-order valence-electron chi connectivity index (χ3n) is 5.03. The molecule has 3 fully saturated rings. The van der Waals surface area contributed by atoms with Gasteiger partial charge in [-0.2, -0.15) is 0 Å². The summed E-state index contributed by atoms with van der Waals surface area (Å²) in [5, 5.41) is 10.5. The van der Waals surface area contributed by atoms with Crippen LogP contribution in [0.3, 0.4) is 0 Å². The van der Waals surface area contributed by atoms with Crippen LogP contribution in [0.2, 0.25) is 0 Å². The van der Waals surface area contributed by atoms with Gasteiger partial charge in [0.2, 0.25) is 5.91 Å². The third kappa shape index (κ3) is 2.32. The minimum atomic E-state index is -0.555. The van der Waals surface area contributed by atoms with E-state index in [9.17, 15) is 9.90 Å². The maximum atomic E-state index is 12.1. The maximum absolute atomic E-state index is 12.1. The second-order valence-electron chi connectivity index (χ2n) is 6.27. The van der Waals surface area contributed by atoms with E-state index in [0.29, 0.717) is 12.3 Å². The fourth-order valence-electron chi connectivity index (χ4n) is 4.18. The Hall–Kier alpha value is -0.870. The molecule has 0 spiro atoms. The van der Waals surface area contributed by atoms with Gasteiger partial charge in [0.25, 0.3) is 0 Å². The van der Waals surface area contributed by atoms with Crippen LogP contribution in [0.25, 0.3) is 0 Å². The van der Waals surface area contributed by atoms with Gasteiger partial charge in [-0.3, -0.25) is 4.79 Å². The molecule has 3 aliphatic rings. The molecule has 1 amide bonds. The summed E-state index contributed by atoms with van der Waals surface area (Å²) in [5.74, 6) is 0.955. The van der Waals surface area contributed by atoms with E-state index in [2.05, 4.69) is 11.5 Å². The molecule has 3 rings (SSSR count). The van der Waals surface area contributed by atoms with Crippen LogP contribution in [0.5, 0.6) is 0 Å². The van der Waals surface area contributed by atoms with Gasteiger partial charge >= 0.3 is 0 Å². The van der Waals surface area contributed by atoms with Gasteiger partial charge in [-0.25, -0.2) is 0 Å². The number of hydrogen-bond donors (Lipinski definition) is 1. The molecular formula is C15H24N2O2. The van der Waals surface area contributed by atoms with Crippen LogP contribution in [0.1, 0.15) is 32.1 Å². The van der Waals surface area contributed by atoms with Gasteiger partial charge in [0.1, 0.15) is 6.23 Å². The lowest BCUT2D eigenvalue weighted by molar-refractivity contribution is -0.179. The van der Waals surface area contributed by atoms with Gasteiger partial charge in [-0.05, 0) is 31.6 Å². The summed E-state index contributed by atoms with van der Waals surface area (Å²) in [6.07, 6.45) is 6.16. The molecule has 1 N–H and O–H groups in total. The molecule has 0 radical (unpaired) electrons. The summed E-state index contributed by atoms with van der Waals surface area (Å²) in [6.45, 7) is 6.80. The lowest BCUT2D eigenvalue weighted by atomic mass is 9.75. The van der Waals surface area contributed by atoms with E-state index in [4.69, 9.17) is 0 Å². The Morgan fingerprint density at radius 3 is 2.95 bits per heavy atom. The number of rotatable bonds is 3. The molecule has 3 saturated heterocycles. The standard InChI is InChI=1S/C15H24N2O2/c1-2-3-7-16-9-11-8-12(10-16)15(19)17-13(11)5-4-6-14(17)18/h2,11-13,15,19H,1,3-10H2/t11-,12-,13?,15?/m1/s1. The minimum Gasteiger partial charge on any atom is -0.373 e. The van der Waals surface area contributed by atoms with Gasteiger partial charge < -0.3 is 14.9 Å². The highest BCUT2D eigenvalue weighted by molar-refractivity contribution is 5.77. The first kappa shape index (κ1) is 13.1. The zero-order valence-electron chi connectivity index (χ0n) is 11.5. The molecule has 0 aliphatic carbocycles. The molecule has 0 saturated carbocycles. The number of fused-ring (bicyclic) bond motifs is 4. The molecule has 3 aliphatic heterocycles. The zero-order chi connectivity index (χ0) is 13.4. The van der Waals surface area contributed by atoms with Crippen LogP contribution >= 0.6 is 0 Å². The molecule has 4 atom stereocenters. The van der Waals surface area contributed by atoms with E-state index in [1.807, 2.05) is 11.0 Å². The van der Waals surface area contributed by atoms with Crippen LogP contribution in [-0.2, 0) is 4.79 Å². The summed E-state index contributed by atoms with van der Waals surface area (Å²) in [6, 6.07) is 0.277. The van der Waals surface area contributed by atoms with Gasteiger partial charge in [0, 0.05) is 38.0 Å². The second kappa shape index (κ2) is 5.25. The smallest absolute Gasteiger partial charge is 0.224 e. The average molecular weight is 264 g/mol. The topological polar surface area (TPSA) is 43.8 Å². The SMILES string of the molecule is C=CCCN1C[C@H]2C[C@H](C1)C1CCCC(=O)N1C2O. The van der Waals surface area contributed by atoms with Crippen LogP contribution in [-0.4, -0.2) is 52.7 Å². The fraction of sp³-hybridized carbons (Fsp3) is 0.800. The van der Waals surface area contributed by atoms with E-state index in [1.54, 1.807) is 0 Å². The van der Waals surface area contributed by atoms with Crippen molar-refractivity contribution in [2.75, 3.05) is 19.6 Å². The van der Waals surface area contributed by atoms with E-state index in [1.165, 1.54) is 0 Å². The van der Waals surface area contributed by atoms with Gasteiger partial charge in [-0.1, -0.05) is 6.08 Å². The highest BCUT2D eigenvalue weighted by Crippen LogP contribution is 2.40. The Morgan fingerprint density at radius 1 is 1.37 bits per heavy atom. The summed E-state index contributed by atoms with van der Waals surface area (Å²) < 4.78 is 0. The lowest BCUT2D eigenvalue weighted by Gasteiger charge is -2.54. The zero-order valence-corrected chi connectivity index (χ0v) is 11.5. The summed E-state index contributed by atoms with van der Waals surface area (Å²) in [5.41, 5.74) is 0. The first-order valence-electron chi connectivity index (χ1n) is 7.53. The number of aliphatic hydroxyl groups is 1. The van der Waals surface area contributed by atoms with E-state index >= 15 is 0 Å². The van der Waals surface area contributed by atoms with Gasteiger partial charge in [0.05, 0.1) is 0 Å². The summed E-state index contributed by atoms with van der Waals surface area (Å²) in [7, 11) is 0. The average Bonchev–Trinajstić information content (AvgIpc) is 2.42. The Kier molecular flexibility index (Phi) is 3.63. The quantitative estimate of drug-likeness (QED) is 0.779. The largest absolute Gasteiger partial charge is 0.373 e. The molecular weight excluding hydrogens is 240 g/mol. The van der Waals surface area contributed by atoms with E-state index in [0.717, 1.165) is 45.3 Å². The van der Waals surface area contributed by atoms with Crippen molar-refractivity contribution < 1.29 is 9.90 Å². The Morgan fingerprint density at radius 2 is 2.16 bits per heavy atom. The van der Waals surface area contributed by atoms with E-state index < -0.39 is 6.23 Å². The molecule has 3 heterocycles. The predicted molar refractivity (Wildman–Crippen MR) is 73.3 cm³/mol. The fourth-order valence-corrected chi connectivity index (χ4v) is 4.18. The number of carbonyl (C=O) groups excluding carboxylic acids is 1. The first-order chi connectivity index (χ1) is 9.20. The normalized spacial score (nSPS) is 39.0. The lowest BCUT2D eigenvalue weighted by Crippen LogP contribution is -2.65. The number of likely N-dealkylation sites (tertiary alicyclic amines) is 1. The van der Waals surface area contributed by atoms with Crippen LogP contribution in [0.4, 0.5) is 0 Å². The Bertz CT molecular complexity index is 371. The Labute approximate surface area is 115 Å². The number of carbonyl (C=O) groups is 1. The number of hydrogen-bond acceptors (Lipinski definition) is 3. The minimum absolute atomic E-state index is 0.165. The summed E-state index contributed by atoms with van der Waals surface area (Å²) in [4.78, 5) is 16.3. The van der Waals surface area contributed by atoms with Crippen molar-refractivity contribution in [3.05, 3.63) is 12.7 Å². The van der Waals surface area contributed by atoms with Crippen LogP contribution < -0.4 is 0 Å². The number of amides is 1. The van der Waals surface area contributed by atoms with E-state index in [-0.39, 0.29) is 17.9 Å². The summed E-state index contributed by atoms with van der Waals surface area (Å²) >= 11 is 0. The molecule has 106 valence electrons. The Balaban J connectivity index is 1.75. The van der Waals surface area contributed by atoms with Crippen molar-refractivity contribution >= 4 is 5.91 Å². The molecule has 0 aromatic carbocycles. The van der Waals surface area contributed by atoms with Crippen molar-refractivity contribution in [3.8, 4) is 0 Å². The molecule has 0 aromatic rings. The van der Waals surface area contributed by atoms with Crippen LogP contribution in [0, 0.1) is 11.8 Å². The molecule has 2 unspecified atom stereocenters. The van der Waals surface area contributed by atoms with Crippen molar-refractivity contribution in [3.63, 3.8) is 0 Å². The molecule has 19 heavy (non-hydrogen) atoms. The highest BCUT2D eigenvalue weighted by atomic mass is 16.3. The molecule has 0 aromatic heterocycles. The van der Waals surface area contributed by atoms with Crippen molar-refractivity contribution in [2.45, 2.75) is 44.4 Å². The molecule has 2 bridgehead atoms. The molecule has 4 heteroatoms. The number of aliphatic hydroxyl groups excluding tert-OH is 1. The van der Waals surface area contributed by atoms with Crippen molar-refractivity contribution in [1.82, 2.24) is 9.80 Å². The monoisotopic (exact) mass is 264 g/mol. The molecule has 4 nitrogen and oxygen atoms in total. The number of nitrogens with zero attached hydrogens (tertiary/aromatic N) is 2. The highest BCUT2D eigenvalue weighted by Gasteiger charge is 2.48. The van der Waals surface area contributed by atoms with Gasteiger partial charge in [0.15, 0.2) is 0 Å². The van der Waals surface area contributed by atoms with Crippen LogP contribution in [0.15, 0.2) is 12.7 Å². The predicted octanol–water partition coefficient (Wildman–Crippen LogP) is 1.21. The van der Waals surface area contributed by atoms with Crippen molar-refractivity contribution in [1.29, 1.82) is 0 Å². The number of piperidine rings is 3. The maximum Gasteiger partial charge on any atom is 0.224 e. The van der Waals surface area contributed by atoms with Crippen molar-refractivity contribution in [2.24, 2.45) is 11.8 Å². The second-order valence-corrected chi connectivity index (χ2v) is 6.27. The van der Waals surface area contributed by atoms with Gasteiger partial charge in [-0.15, -0.1) is 6.58 Å².